The molecule has 0 saturated carbocycles. The molecular weight excluding hydrogens is 440 g/mol. The van der Waals surface area contributed by atoms with Gasteiger partial charge in [0.05, 0.1) is 13.0 Å². The summed E-state index contributed by atoms with van der Waals surface area (Å²) in [7, 11) is 0. The van der Waals surface area contributed by atoms with Crippen LogP contribution in [0.1, 0.15) is 63.3 Å². The lowest BCUT2D eigenvalue weighted by Gasteiger charge is -2.24. The fourth-order valence-electron chi connectivity index (χ4n) is 3.88. The maximum absolute atomic E-state index is 13.6. The van der Waals surface area contributed by atoms with Crippen LogP contribution >= 0.6 is 11.3 Å². The minimum atomic E-state index is -1.11. The number of anilines is 1. The summed E-state index contributed by atoms with van der Waals surface area (Å²) >= 11 is 1.20. The molecule has 1 N–H and O–H groups in total. The number of carboxylic acid groups (broad SMARTS) is 1. The molecule has 1 aliphatic rings. The van der Waals surface area contributed by atoms with Gasteiger partial charge in [0, 0.05) is 23.1 Å². The number of rotatable bonds is 5. The van der Waals surface area contributed by atoms with Crippen LogP contribution in [-0.4, -0.2) is 33.5 Å². The van der Waals surface area contributed by atoms with E-state index in [1.807, 2.05) is 57.2 Å². The van der Waals surface area contributed by atoms with Crippen LogP contribution in [0, 0.1) is 0 Å². The molecule has 2 heterocycles. The van der Waals surface area contributed by atoms with Crippen molar-refractivity contribution in [2.24, 2.45) is 0 Å². The average Bonchev–Trinajstić information content (AvgIpc) is 3.17. The third kappa shape index (κ3) is 4.96. The molecule has 7 nitrogen and oxygen atoms in total. The van der Waals surface area contributed by atoms with Gasteiger partial charge >= 0.3 is 11.9 Å². The zero-order valence-corrected chi connectivity index (χ0v) is 19.4. The van der Waals surface area contributed by atoms with Gasteiger partial charge in [-0.3, -0.25) is 9.59 Å². The second kappa shape index (κ2) is 8.78. The first kappa shape index (κ1) is 22.7. The number of carbonyl (C=O) groups is 3. The summed E-state index contributed by atoms with van der Waals surface area (Å²) in [6, 6.07) is 13.0. The third-order valence-electron chi connectivity index (χ3n) is 5.22. The summed E-state index contributed by atoms with van der Waals surface area (Å²) < 4.78 is 5.52. The fourth-order valence-corrected chi connectivity index (χ4v) is 4.63. The van der Waals surface area contributed by atoms with Crippen molar-refractivity contribution >= 4 is 34.9 Å². The number of hydrogen-bond donors (Lipinski definition) is 1. The smallest absolute Gasteiger partial charge is 0.355 e. The summed E-state index contributed by atoms with van der Waals surface area (Å²) in [6.45, 7) is 5.61. The van der Waals surface area contributed by atoms with Crippen molar-refractivity contribution in [1.29, 1.82) is 0 Å². The number of carboxylic acids is 1. The van der Waals surface area contributed by atoms with Gasteiger partial charge in [-0.05, 0) is 49.6 Å². The number of thiazole rings is 1. The Bertz CT molecular complexity index is 1240. The van der Waals surface area contributed by atoms with Crippen LogP contribution in [0.3, 0.4) is 0 Å². The van der Waals surface area contributed by atoms with Crippen molar-refractivity contribution in [3.8, 4) is 0 Å². The molecule has 8 heteroatoms. The van der Waals surface area contributed by atoms with Gasteiger partial charge < -0.3 is 14.7 Å². The number of amides is 1. The van der Waals surface area contributed by atoms with Crippen LogP contribution in [-0.2, 0) is 28.9 Å². The Hall–Kier alpha value is -3.52. The lowest BCUT2D eigenvalue weighted by Crippen LogP contribution is -2.30. The maximum atomic E-state index is 13.6. The molecule has 0 atom stereocenters. The largest absolute Gasteiger partial charge is 0.476 e. The van der Waals surface area contributed by atoms with Gasteiger partial charge in [0.25, 0.3) is 5.91 Å². The Morgan fingerprint density at radius 3 is 2.61 bits per heavy atom. The van der Waals surface area contributed by atoms with E-state index in [4.69, 9.17) is 4.74 Å². The highest BCUT2D eigenvalue weighted by Gasteiger charge is 2.29. The van der Waals surface area contributed by atoms with Gasteiger partial charge in [0.2, 0.25) is 0 Å². The molecule has 0 spiro atoms. The maximum Gasteiger partial charge on any atom is 0.355 e. The summed E-state index contributed by atoms with van der Waals surface area (Å²) in [5.41, 5.74) is 3.16. The van der Waals surface area contributed by atoms with Gasteiger partial charge in [-0.25, -0.2) is 9.78 Å². The van der Waals surface area contributed by atoms with E-state index < -0.39 is 11.6 Å². The molecule has 1 aromatic heterocycles. The molecule has 0 aliphatic carbocycles. The van der Waals surface area contributed by atoms with E-state index in [9.17, 15) is 19.5 Å². The summed E-state index contributed by atoms with van der Waals surface area (Å²) in [5.74, 6) is -1.63. The van der Waals surface area contributed by atoms with E-state index >= 15 is 0 Å². The molecular formula is C25H24N2O5S. The number of esters is 1. The first-order chi connectivity index (χ1) is 15.6. The molecule has 0 fully saturated rings. The predicted molar refractivity (Wildman–Crippen MR) is 125 cm³/mol. The summed E-state index contributed by atoms with van der Waals surface area (Å²) in [6.07, 6.45) is 0.579. The van der Waals surface area contributed by atoms with E-state index in [2.05, 4.69) is 4.98 Å². The van der Waals surface area contributed by atoms with Crippen molar-refractivity contribution in [1.82, 2.24) is 4.98 Å². The molecule has 1 aliphatic heterocycles. The Labute approximate surface area is 195 Å². The molecule has 33 heavy (non-hydrogen) atoms. The van der Waals surface area contributed by atoms with Gasteiger partial charge in [0.1, 0.15) is 10.6 Å². The van der Waals surface area contributed by atoms with Gasteiger partial charge in [-0.2, -0.15) is 0 Å². The number of benzene rings is 2. The van der Waals surface area contributed by atoms with Crippen LogP contribution < -0.4 is 4.90 Å². The highest BCUT2D eigenvalue weighted by atomic mass is 32.1. The quantitative estimate of drug-likeness (QED) is 0.560. The molecule has 0 saturated heterocycles. The van der Waals surface area contributed by atoms with Crippen molar-refractivity contribution in [2.75, 3.05) is 4.90 Å². The van der Waals surface area contributed by atoms with Crippen LogP contribution in [0.15, 0.2) is 47.8 Å². The topological polar surface area (TPSA) is 96.8 Å². The number of aromatic nitrogens is 1. The number of carbonyl (C=O) groups excluding carboxylic acids is 2. The second-order valence-electron chi connectivity index (χ2n) is 8.83. The zero-order valence-electron chi connectivity index (χ0n) is 18.6. The van der Waals surface area contributed by atoms with Crippen molar-refractivity contribution in [2.45, 2.75) is 45.8 Å². The first-order valence-electron chi connectivity index (χ1n) is 10.5. The Morgan fingerprint density at radius 2 is 1.91 bits per heavy atom. The van der Waals surface area contributed by atoms with Gasteiger partial charge in [-0.1, -0.05) is 30.3 Å². The van der Waals surface area contributed by atoms with Crippen molar-refractivity contribution < 1.29 is 24.2 Å². The Kier molecular flexibility index (Phi) is 6.03. The SMILES string of the molecule is CC(C)(C)OC(=O)Cc1cccc2c1Cc1ccccc1C(=O)N2Cc1nc(C(=O)O)cs1. The predicted octanol–water partition coefficient (Wildman–Crippen LogP) is 4.48. The number of nitrogens with zero attached hydrogens (tertiary/aromatic N) is 2. The van der Waals surface area contributed by atoms with Crippen LogP contribution in [0.2, 0.25) is 0 Å². The normalized spacial score (nSPS) is 13.2. The Morgan fingerprint density at radius 1 is 1.15 bits per heavy atom. The fraction of sp³-hybridized carbons (Fsp3) is 0.280. The summed E-state index contributed by atoms with van der Waals surface area (Å²) in [5, 5.41) is 11.2. The third-order valence-corrected chi connectivity index (χ3v) is 6.05. The lowest BCUT2D eigenvalue weighted by atomic mass is 9.95. The molecule has 1 amide bonds. The number of aromatic carboxylic acids is 1. The number of ether oxygens (including phenoxy) is 1. The lowest BCUT2D eigenvalue weighted by molar-refractivity contribution is -0.153. The average molecular weight is 465 g/mol. The molecule has 0 unspecified atom stereocenters. The summed E-state index contributed by atoms with van der Waals surface area (Å²) in [4.78, 5) is 43.2. The van der Waals surface area contributed by atoms with Crippen molar-refractivity contribution in [3.05, 3.63) is 80.8 Å². The van der Waals surface area contributed by atoms with E-state index in [0.717, 1.165) is 16.7 Å². The molecule has 4 rings (SSSR count). The first-order valence-corrected chi connectivity index (χ1v) is 11.4. The minimum Gasteiger partial charge on any atom is -0.476 e. The Balaban J connectivity index is 1.77. The van der Waals surface area contributed by atoms with Crippen LogP contribution in [0.4, 0.5) is 5.69 Å². The zero-order chi connectivity index (χ0) is 23.8. The van der Waals surface area contributed by atoms with Crippen LogP contribution in [0.25, 0.3) is 0 Å². The van der Waals surface area contributed by atoms with Gasteiger partial charge in [0.15, 0.2) is 5.69 Å². The van der Waals surface area contributed by atoms with E-state index in [-0.39, 0.29) is 30.5 Å². The number of hydrogen-bond acceptors (Lipinski definition) is 6. The monoisotopic (exact) mass is 464 g/mol. The highest BCUT2D eigenvalue weighted by Crippen LogP contribution is 2.34. The minimum absolute atomic E-state index is 0.0448. The molecule has 3 aromatic rings. The standard InChI is InChI=1S/C25H24N2O5S/c1-25(2,3)32-22(28)12-16-8-6-10-20-18(16)11-15-7-4-5-9-17(15)23(29)27(20)13-21-26-19(14-33-21)24(30)31/h4-10,14H,11-13H2,1-3H3,(H,30,31). The van der Waals surface area contributed by atoms with Gasteiger partial charge in [-0.15, -0.1) is 11.3 Å². The molecule has 2 aromatic carbocycles. The van der Waals surface area contributed by atoms with E-state index in [1.165, 1.54) is 16.7 Å². The highest BCUT2D eigenvalue weighted by molar-refractivity contribution is 7.09. The van der Waals surface area contributed by atoms with E-state index in [0.29, 0.717) is 22.7 Å². The van der Waals surface area contributed by atoms with Crippen molar-refractivity contribution in [3.63, 3.8) is 0 Å². The molecule has 0 bridgehead atoms. The molecule has 0 radical (unpaired) electrons. The number of fused-ring (bicyclic) bond motifs is 2. The van der Waals surface area contributed by atoms with Crippen LogP contribution in [0.5, 0.6) is 0 Å². The van der Waals surface area contributed by atoms with E-state index in [1.54, 1.807) is 11.0 Å². The second-order valence-corrected chi connectivity index (χ2v) is 9.78. The molecule has 170 valence electrons.